The third kappa shape index (κ3) is 4.97. The standard InChI is InChI=1S/C12H13ClN2O4/c1-7-2-3-8(13)4-9(7)12(19)15-5-10(16)14-6-11(17)18/h2-4H,5-6H2,1H3,(H,14,16)(H,15,19)(H,17,18). The Balaban J connectivity index is 2.53. The van der Waals surface area contributed by atoms with Gasteiger partial charge in [-0.25, -0.2) is 0 Å². The van der Waals surface area contributed by atoms with Gasteiger partial charge in [0.1, 0.15) is 6.54 Å². The number of carbonyl (C=O) groups is 3. The molecule has 0 unspecified atom stereocenters. The molecule has 0 aliphatic carbocycles. The largest absolute Gasteiger partial charge is 0.480 e. The number of nitrogens with one attached hydrogen (secondary N) is 2. The van der Waals surface area contributed by atoms with Crippen molar-refractivity contribution in [3.05, 3.63) is 34.3 Å². The molecule has 0 saturated carbocycles. The molecule has 7 heteroatoms. The van der Waals surface area contributed by atoms with Crippen LogP contribution in [0.3, 0.4) is 0 Å². The number of hydrogen-bond donors (Lipinski definition) is 3. The summed E-state index contributed by atoms with van der Waals surface area (Å²) in [6.45, 7) is 0.971. The van der Waals surface area contributed by atoms with Crippen molar-refractivity contribution in [1.29, 1.82) is 0 Å². The van der Waals surface area contributed by atoms with Gasteiger partial charge >= 0.3 is 5.97 Å². The Hall–Kier alpha value is -2.08. The van der Waals surface area contributed by atoms with Crippen LogP contribution in [0.25, 0.3) is 0 Å². The molecule has 0 radical (unpaired) electrons. The zero-order valence-corrected chi connectivity index (χ0v) is 11.0. The first kappa shape index (κ1) is 15.0. The third-order valence-electron chi connectivity index (χ3n) is 2.29. The molecule has 6 nitrogen and oxygen atoms in total. The lowest BCUT2D eigenvalue weighted by Crippen LogP contribution is -2.39. The molecule has 0 aliphatic heterocycles. The first-order valence-electron chi connectivity index (χ1n) is 5.43. The number of hydrogen-bond acceptors (Lipinski definition) is 3. The van der Waals surface area contributed by atoms with Crippen LogP contribution in [0.15, 0.2) is 18.2 Å². The number of rotatable bonds is 5. The molecule has 1 rings (SSSR count). The van der Waals surface area contributed by atoms with E-state index in [0.29, 0.717) is 10.6 Å². The van der Waals surface area contributed by atoms with Crippen LogP contribution in [0.5, 0.6) is 0 Å². The molecule has 0 atom stereocenters. The van der Waals surface area contributed by atoms with Crippen molar-refractivity contribution in [2.24, 2.45) is 0 Å². The van der Waals surface area contributed by atoms with Gasteiger partial charge < -0.3 is 15.7 Å². The highest BCUT2D eigenvalue weighted by molar-refractivity contribution is 6.31. The fourth-order valence-corrected chi connectivity index (χ4v) is 1.50. The van der Waals surface area contributed by atoms with E-state index in [2.05, 4.69) is 10.6 Å². The van der Waals surface area contributed by atoms with Gasteiger partial charge in [-0.15, -0.1) is 0 Å². The Bertz CT molecular complexity index is 516. The summed E-state index contributed by atoms with van der Waals surface area (Å²) in [5.41, 5.74) is 1.10. The third-order valence-corrected chi connectivity index (χ3v) is 2.53. The van der Waals surface area contributed by atoms with Crippen molar-refractivity contribution >= 4 is 29.4 Å². The summed E-state index contributed by atoms with van der Waals surface area (Å²) >= 11 is 5.78. The van der Waals surface area contributed by atoms with Gasteiger partial charge in [-0.3, -0.25) is 14.4 Å². The molecule has 0 heterocycles. The normalized spacial score (nSPS) is 9.79. The van der Waals surface area contributed by atoms with Crippen LogP contribution in [0.4, 0.5) is 0 Å². The topological polar surface area (TPSA) is 95.5 Å². The lowest BCUT2D eigenvalue weighted by atomic mass is 10.1. The summed E-state index contributed by atoms with van der Waals surface area (Å²) in [5.74, 6) is -2.16. The van der Waals surface area contributed by atoms with Crippen molar-refractivity contribution < 1.29 is 19.5 Å². The Kier molecular flexibility index (Phi) is 5.32. The van der Waals surface area contributed by atoms with Gasteiger partial charge in [-0.05, 0) is 24.6 Å². The molecule has 0 bridgehead atoms. The van der Waals surface area contributed by atoms with Crippen molar-refractivity contribution in [2.75, 3.05) is 13.1 Å². The summed E-state index contributed by atoms with van der Waals surface area (Å²) in [5, 5.41) is 13.3. The molecule has 2 amide bonds. The summed E-state index contributed by atoms with van der Waals surface area (Å²) in [6, 6.07) is 4.86. The Morgan fingerprint density at radius 3 is 2.53 bits per heavy atom. The minimum absolute atomic E-state index is 0.294. The van der Waals surface area contributed by atoms with E-state index in [0.717, 1.165) is 5.56 Å². The number of amides is 2. The molecule has 1 aromatic carbocycles. The maximum Gasteiger partial charge on any atom is 0.322 e. The van der Waals surface area contributed by atoms with Crippen LogP contribution >= 0.6 is 11.6 Å². The number of aliphatic carboxylic acids is 1. The fraction of sp³-hybridized carbons (Fsp3) is 0.250. The number of benzene rings is 1. The number of carboxylic acid groups (broad SMARTS) is 1. The van der Waals surface area contributed by atoms with Crippen LogP contribution in [0.1, 0.15) is 15.9 Å². The molecule has 19 heavy (non-hydrogen) atoms. The smallest absolute Gasteiger partial charge is 0.322 e. The van der Waals surface area contributed by atoms with Gasteiger partial charge in [-0.1, -0.05) is 17.7 Å². The Morgan fingerprint density at radius 2 is 1.89 bits per heavy atom. The van der Waals surface area contributed by atoms with E-state index in [4.69, 9.17) is 16.7 Å². The van der Waals surface area contributed by atoms with E-state index < -0.39 is 24.3 Å². The average Bonchev–Trinajstić information content (AvgIpc) is 2.36. The lowest BCUT2D eigenvalue weighted by Gasteiger charge is -2.08. The van der Waals surface area contributed by atoms with Crippen LogP contribution in [-0.4, -0.2) is 36.0 Å². The molecular weight excluding hydrogens is 272 g/mol. The van der Waals surface area contributed by atoms with Crippen LogP contribution in [-0.2, 0) is 9.59 Å². The van der Waals surface area contributed by atoms with Crippen LogP contribution < -0.4 is 10.6 Å². The Morgan fingerprint density at radius 1 is 1.21 bits per heavy atom. The average molecular weight is 285 g/mol. The van der Waals surface area contributed by atoms with Crippen molar-refractivity contribution in [2.45, 2.75) is 6.92 Å². The maximum atomic E-state index is 11.8. The highest BCUT2D eigenvalue weighted by Gasteiger charge is 2.11. The number of carboxylic acids is 1. The highest BCUT2D eigenvalue weighted by Crippen LogP contribution is 2.15. The zero-order chi connectivity index (χ0) is 14.4. The lowest BCUT2D eigenvalue weighted by molar-refractivity contribution is -0.137. The van der Waals surface area contributed by atoms with E-state index in [1.807, 2.05) is 0 Å². The number of halogens is 1. The first-order valence-corrected chi connectivity index (χ1v) is 5.81. The second-order valence-corrected chi connectivity index (χ2v) is 4.25. The first-order chi connectivity index (χ1) is 8.90. The number of aryl methyl sites for hydroxylation is 1. The predicted octanol–water partition coefficient (Wildman–Crippen LogP) is 0.579. The minimum atomic E-state index is -1.15. The maximum absolute atomic E-state index is 11.8. The molecule has 0 saturated heterocycles. The molecule has 0 spiro atoms. The van der Waals surface area contributed by atoms with Crippen LogP contribution in [0.2, 0.25) is 5.02 Å². The van der Waals surface area contributed by atoms with Crippen molar-refractivity contribution in [1.82, 2.24) is 10.6 Å². The second kappa shape index (κ2) is 6.75. The summed E-state index contributed by atoms with van der Waals surface area (Å²) in [7, 11) is 0. The number of carbonyl (C=O) groups excluding carboxylic acids is 2. The van der Waals surface area contributed by atoms with E-state index in [1.54, 1.807) is 19.1 Å². The summed E-state index contributed by atoms with van der Waals surface area (Å²) < 4.78 is 0. The highest BCUT2D eigenvalue weighted by atomic mass is 35.5. The Labute approximate surface area is 114 Å². The monoisotopic (exact) mass is 284 g/mol. The molecular formula is C12H13ClN2O4. The molecule has 0 fully saturated rings. The van der Waals surface area contributed by atoms with Gasteiger partial charge in [0.05, 0.1) is 6.54 Å². The van der Waals surface area contributed by atoms with E-state index >= 15 is 0 Å². The zero-order valence-electron chi connectivity index (χ0n) is 10.2. The van der Waals surface area contributed by atoms with E-state index in [1.165, 1.54) is 6.07 Å². The van der Waals surface area contributed by atoms with Crippen molar-refractivity contribution in [3.8, 4) is 0 Å². The second-order valence-electron chi connectivity index (χ2n) is 3.81. The quantitative estimate of drug-likeness (QED) is 0.737. The predicted molar refractivity (Wildman–Crippen MR) is 69.2 cm³/mol. The van der Waals surface area contributed by atoms with Gasteiger partial charge in [0.2, 0.25) is 5.91 Å². The molecule has 3 N–H and O–H groups in total. The summed E-state index contributed by atoms with van der Waals surface area (Å²) in [6.07, 6.45) is 0. The van der Waals surface area contributed by atoms with E-state index in [-0.39, 0.29) is 6.54 Å². The van der Waals surface area contributed by atoms with Crippen molar-refractivity contribution in [3.63, 3.8) is 0 Å². The molecule has 0 aliphatic rings. The van der Waals surface area contributed by atoms with Gasteiger partial charge in [-0.2, -0.15) is 0 Å². The van der Waals surface area contributed by atoms with E-state index in [9.17, 15) is 14.4 Å². The molecule has 0 aromatic heterocycles. The fourth-order valence-electron chi connectivity index (χ4n) is 1.33. The van der Waals surface area contributed by atoms with Crippen LogP contribution in [0, 0.1) is 6.92 Å². The SMILES string of the molecule is Cc1ccc(Cl)cc1C(=O)NCC(=O)NCC(=O)O. The molecule has 102 valence electrons. The van der Waals surface area contributed by atoms with Gasteiger partial charge in [0, 0.05) is 10.6 Å². The molecule has 1 aromatic rings. The van der Waals surface area contributed by atoms with Gasteiger partial charge in [0.15, 0.2) is 0 Å². The minimum Gasteiger partial charge on any atom is -0.480 e. The summed E-state index contributed by atoms with van der Waals surface area (Å²) in [4.78, 5) is 33.2. The van der Waals surface area contributed by atoms with Gasteiger partial charge in [0.25, 0.3) is 5.91 Å².